The highest BCUT2D eigenvalue weighted by molar-refractivity contribution is 6.27. The maximum atomic E-state index is 12.1. The second-order valence-electron chi connectivity index (χ2n) is 3.90. The summed E-state index contributed by atoms with van der Waals surface area (Å²) in [4.78, 5) is 28.3. The van der Waals surface area contributed by atoms with Crippen molar-refractivity contribution in [3.63, 3.8) is 0 Å². The third kappa shape index (κ3) is 2.71. The summed E-state index contributed by atoms with van der Waals surface area (Å²) in [6.07, 6.45) is 1.61. The van der Waals surface area contributed by atoms with Gasteiger partial charge in [-0.25, -0.2) is 0 Å². The Bertz CT molecular complexity index is 621. The molecule has 0 spiro atoms. The van der Waals surface area contributed by atoms with Crippen LogP contribution in [0.4, 0.5) is 0 Å². The van der Waals surface area contributed by atoms with E-state index in [2.05, 4.69) is 5.32 Å². The molecule has 0 saturated carbocycles. The number of fused-ring (bicyclic) bond motifs is 1. The minimum Gasteiger partial charge on any atom is -0.417 e. The molecule has 1 aromatic heterocycles. The molecule has 0 aliphatic carbocycles. The molecule has 0 unspecified atom stereocenters. The SMILES string of the molecule is COn1cc(C(=O)CNC(=O)CCl)c2ccccc21. The summed E-state index contributed by atoms with van der Waals surface area (Å²) in [6.45, 7) is -0.0801. The predicted octanol–water partition coefficient (Wildman–Crippen LogP) is 1.24. The van der Waals surface area contributed by atoms with Crippen molar-refractivity contribution in [2.24, 2.45) is 0 Å². The van der Waals surface area contributed by atoms with E-state index in [4.69, 9.17) is 16.4 Å². The molecule has 0 bridgehead atoms. The van der Waals surface area contributed by atoms with Crippen LogP contribution in [0.25, 0.3) is 10.9 Å². The zero-order valence-electron chi connectivity index (χ0n) is 10.4. The average Bonchev–Trinajstić information content (AvgIpc) is 2.83. The maximum Gasteiger partial charge on any atom is 0.235 e. The van der Waals surface area contributed by atoms with Crippen molar-refractivity contribution in [2.75, 3.05) is 19.5 Å². The fraction of sp³-hybridized carbons (Fsp3) is 0.231. The molecule has 100 valence electrons. The number of carbonyl (C=O) groups is 2. The molecule has 0 saturated heterocycles. The number of benzene rings is 1. The van der Waals surface area contributed by atoms with E-state index in [0.29, 0.717) is 5.56 Å². The Hall–Kier alpha value is -2.01. The van der Waals surface area contributed by atoms with Crippen molar-refractivity contribution in [3.8, 4) is 0 Å². The van der Waals surface area contributed by atoms with Gasteiger partial charge in [0.1, 0.15) is 13.0 Å². The molecule has 5 nitrogen and oxygen atoms in total. The number of hydrogen-bond donors (Lipinski definition) is 1. The number of nitrogens with zero attached hydrogens (tertiary/aromatic N) is 1. The summed E-state index contributed by atoms with van der Waals surface area (Å²) in [5.41, 5.74) is 1.31. The lowest BCUT2D eigenvalue weighted by Crippen LogP contribution is -2.30. The zero-order chi connectivity index (χ0) is 13.8. The van der Waals surface area contributed by atoms with Crippen LogP contribution >= 0.6 is 11.6 Å². The topological polar surface area (TPSA) is 60.3 Å². The van der Waals surface area contributed by atoms with Gasteiger partial charge in [0.2, 0.25) is 5.91 Å². The summed E-state index contributed by atoms with van der Waals surface area (Å²) >= 11 is 5.36. The number of halogens is 1. The number of Topliss-reactive ketones (excluding diaryl/α,β-unsaturated/α-hetero) is 1. The highest BCUT2D eigenvalue weighted by Gasteiger charge is 2.15. The first kappa shape index (κ1) is 13.4. The second kappa shape index (κ2) is 5.75. The Labute approximate surface area is 115 Å². The van der Waals surface area contributed by atoms with E-state index in [1.54, 1.807) is 6.20 Å². The second-order valence-corrected chi connectivity index (χ2v) is 4.17. The van der Waals surface area contributed by atoms with Gasteiger partial charge in [0.05, 0.1) is 18.3 Å². The van der Waals surface area contributed by atoms with Crippen LogP contribution in [0.2, 0.25) is 0 Å². The number of ketones is 1. The Morgan fingerprint density at radius 1 is 1.37 bits per heavy atom. The monoisotopic (exact) mass is 280 g/mol. The molecular weight excluding hydrogens is 268 g/mol. The first-order valence-corrected chi connectivity index (χ1v) is 6.21. The van der Waals surface area contributed by atoms with E-state index >= 15 is 0 Å². The summed E-state index contributed by atoms with van der Waals surface area (Å²) in [5.74, 6) is -0.719. The molecule has 1 amide bonds. The molecule has 0 atom stereocenters. The zero-order valence-corrected chi connectivity index (χ0v) is 11.1. The number of aromatic nitrogens is 1. The van der Waals surface area contributed by atoms with Crippen molar-refractivity contribution in [3.05, 3.63) is 36.0 Å². The lowest BCUT2D eigenvalue weighted by atomic mass is 10.1. The van der Waals surface area contributed by atoms with Crippen molar-refractivity contribution in [2.45, 2.75) is 0 Å². The number of amides is 1. The molecule has 6 heteroatoms. The number of nitrogens with one attached hydrogen (secondary N) is 1. The first-order chi connectivity index (χ1) is 9.17. The van der Waals surface area contributed by atoms with Gasteiger partial charge in [-0.1, -0.05) is 18.2 Å². The van der Waals surface area contributed by atoms with Gasteiger partial charge in [0.15, 0.2) is 5.78 Å². The smallest absolute Gasteiger partial charge is 0.235 e. The van der Waals surface area contributed by atoms with Crippen LogP contribution in [-0.4, -0.2) is 36.0 Å². The minimum absolute atomic E-state index is 0.0801. The lowest BCUT2D eigenvalue weighted by Gasteiger charge is -2.01. The van der Waals surface area contributed by atoms with Crippen molar-refractivity contribution in [1.82, 2.24) is 10.0 Å². The van der Waals surface area contributed by atoms with Crippen LogP contribution in [-0.2, 0) is 4.79 Å². The van der Waals surface area contributed by atoms with E-state index in [0.717, 1.165) is 10.9 Å². The van der Waals surface area contributed by atoms with Gasteiger partial charge in [-0.3, -0.25) is 9.59 Å². The quantitative estimate of drug-likeness (QED) is 0.662. The Kier molecular flexibility index (Phi) is 4.06. The van der Waals surface area contributed by atoms with E-state index in [-0.39, 0.29) is 24.1 Å². The van der Waals surface area contributed by atoms with Crippen LogP contribution in [0.1, 0.15) is 10.4 Å². The first-order valence-electron chi connectivity index (χ1n) is 5.67. The molecule has 0 fully saturated rings. The van der Waals surface area contributed by atoms with Gasteiger partial charge in [0.25, 0.3) is 0 Å². The molecule has 19 heavy (non-hydrogen) atoms. The summed E-state index contributed by atoms with van der Waals surface area (Å²) in [5, 5.41) is 3.24. The summed E-state index contributed by atoms with van der Waals surface area (Å²) in [7, 11) is 1.52. The predicted molar refractivity (Wildman–Crippen MR) is 72.5 cm³/mol. The Morgan fingerprint density at radius 2 is 2.11 bits per heavy atom. The van der Waals surface area contributed by atoms with Gasteiger partial charge >= 0.3 is 0 Å². The lowest BCUT2D eigenvalue weighted by molar-refractivity contribution is -0.118. The molecule has 1 N–H and O–H groups in total. The Morgan fingerprint density at radius 3 is 2.79 bits per heavy atom. The third-order valence-corrected chi connectivity index (χ3v) is 2.99. The molecular formula is C13H13ClN2O3. The minimum atomic E-state index is -0.370. The van der Waals surface area contributed by atoms with E-state index in [1.165, 1.54) is 11.8 Å². The van der Waals surface area contributed by atoms with Crippen molar-refractivity contribution in [1.29, 1.82) is 0 Å². The van der Waals surface area contributed by atoms with Gasteiger partial charge in [-0.05, 0) is 6.07 Å². The Balaban J connectivity index is 2.29. The van der Waals surface area contributed by atoms with Gasteiger partial charge in [0, 0.05) is 10.9 Å². The highest BCUT2D eigenvalue weighted by atomic mass is 35.5. The normalized spacial score (nSPS) is 10.4. The van der Waals surface area contributed by atoms with Crippen LogP contribution in [0, 0.1) is 0 Å². The molecule has 2 rings (SSSR count). The molecule has 1 aromatic carbocycles. The summed E-state index contributed by atoms with van der Waals surface area (Å²) in [6, 6.07) is 7.40. The number of hydrogen-bond acceptors (Lipinski definition) is 3. The molecule has 2 aromatic rings. The number of para-hydroxylation sites is 1. The summed E-state index contributed by atoms with van der Waals surface area (Å²) < 4.78 is 1.52. The third-order valence-electron chi connectivity index (χ3n) is 2.74. The van der Waals surface area contributed by atoms with Gasteiger partial charge < -0.3 is 10.2 Å². The van der Waals surface area contributed by atoms with E-state index in [1.807, 2.05) is 24.3 Å². The fourth-order valence-corrected chi connectivity index (χ4v) is 1.94. The van der Waals surface area contributed by atoms with E-state index in [9.17, 15) is 9.59 Å². The average molecular weight is 281 g/mol. The standard InChI is InChI=1S/C13H13ClN2O3/c1-19-16-8-10(9-4-2-3-5-11(9)16)12(17)7-15-13(18)6-14/h2-5,8H,6-7H2,1H3,(H,15,18). The fourth-order valence-electron chi connectivity index (χ4n) is 1.84. The van der Waals surface area contributed by atoms with Crippen molar-refractivity contribution >= 4 is 34.2 Å². The van der Waals surface area contributed by atoms with Gasteiger partial charge in [-0.2, -0.15) is 4.73 Å². The van der Waals surface area contributed by atoms with Gasteiger partial charge in [-0.15, -0.1) is 11.6 Å². The van der Waals surface area contributed by atoms with Crippen LogP contribution in [0.3, 0.4) is 0 Å². The van der Waals surface area contributed by atoms with Crippen LogP contribution in [0.15, 0.2) is 30.5 Å². The number of rotatable bonds is 5. The number of alkyl halides is 1. The van der Waals surface area contributed by atoms with E-state index < -0.39 is 0 Å². The molecule has 0 aliphatic rings. The largest absolute Gasteiger partial charge is 0.417 e. The van der Waals surface area contributed by atoms with Crippen LogP contribution < -0.4 is 10.2 Å². The van der Waals surface area contributed by atoms with Crippen LogP contribution in [0.5, 0.6) is 0 Å². The molecule has 0 aliphatic heterocycles. The number of carbonyl (C=O) groups excluding carboxylic acids is 2. The molecule has 1 heterocycles. The maximum absolute atomic E-state index is 12.1. The van der Waals surface area contributed by atoms with Crippen molar-refractivity contribution < 1.29 is 14.4 Å². The molecule has 0 radical (unpaired) electrons. The highest BCUT2D eigenvalue weighted by Crippen LogP contribution is 2.20.